The van der Waals surface area contributed by atoms with Gasteiger partial charge < -0.3 is 24.4 Å². The summed E-state index contributed by atoms with van der Waals surface area (Å²) in [4.78, 5) is 18.6. The van der Waals surface area contributed by atoms with Gasteiger partial charge in [-0.15, -0.1) is 5.10 Å². The van der Waals surface area contributed by atoms with Gasteiger partial charge in [0.2, 0.25) is 18.6 Å². The van der Waals surface area contributed by atoms with Crippen molar-refractivity contribution in [2.45, 2.75) is 37.8 Å². The molecule has 1 aliphatic carbocycles. The van der Waals surface area contributed by atoms with Crippen LogP contribution in [0.2, 0.25) is 0 Å². The van der Waals surface area contributed by atoms with E-state index in [0.29, 0.717) is 5.95 Å². The molecule has 9 heteroatoms. The van der Waals surface area contributed by atoms with Crippen molar-refractivity contribution in [3.8, 4) is 17.2 Å². The molecule has 1 N–H and O–H groups in total. The molecule has 2 heterocycles. The van der Waals surface area contributed by atoms with Crippen LogP contribution in [0.5, 0.6) is 17.2 Å². The van der Waals surface area contributed by atoms with E-state index in [2.05, 4.69) is 15.4 Å². The third-order valence-electron chi connectivity index (χ3n) is 5.00. The Kier molecular flexibility index (Phi) is 4.97. The molecule has 150 valence electrons. The van der Waals surface area contributed by atoms with Gasteiger partial charge in [0, 0.05) is 33.3 Å². The molecular weight excluding hydrogens is 362 g/mol. The number of fused-ring (bicyclic) bond motifs is 1. The lowest BCUT2D eigenvalue weighted by Crippen LogP contribution is -2.40. The van der Waals surface area contributed by atoms with Gasteiger partial charge in [-0.25, -0.2) is 4.68 Å². The maximum atomic E-state index is 12.5. The smallest absolute Gasteiger partial charge is 0.291 e. The van der Waals surface area contributed by atoms with Crippen molar-refractivity contribution < 1.29 is 19.0 Å². The van der Waals surface area contributed by atoms with Gasteiger partial charge >= 0.3 is 0 Å². The molecule has 28 heavy (non-hydrogen) atoms. The third kappa shape index (κ3) is 3.83. The number of aromatic nitrogens is 3. The van der Waals surface area contributed by atoms with E-state index < -0.39 is 0 Å². The molecule has 2 aliphatic rings. The quantitative estimate of drug-likeness (QED) is 0.835. The minimum atomic E-state index is -0.233. The summed E-state index contributed by atoms with van der Waals surface area (Å²) in [6, 6.07) is 5.74. The topological polar surface area (TPSA) is 90.7 Å². The van der Waals surface area contributed by atoms with Crippen LogP contribution in [-0.4, -0.2) is 53.7 Å². The number of nitrogens with one attached hydrogen (secondary N) is 1. The molecule has 9 nitrogen and oxygen atoms in total. The maximum absolute atomic E-state index is 12.5. The molecule has 1 saturated carbocycles. The van der Waals surface area contributed by atoms with Crippen molar-refractivity contribution in [2.24, 2.45) is 7.05 Å². The summed E-state index contributed by atoms with van der Waals surface area (Å²) < 4.78 is 18.4. The van der Waals surface area contributed by atoms with Gasteiger partial charge in [-0.2, -0.15) is 4.98 Å². The summed E-state index contributed by atoms with van der Waals surface area (Å²) in [5.41, 5.74) is 0. The third-order valence-corrected chi connectivity index (χ3v) is 5.00. The zero-order valence-electron chi connectivity index (χ0n) is 16.3. The molecule has 0 unspecified atom stereocenters. The van der Waals surface area contributed by atoms with Crippen LogP contribution >= 0.6 is 0 Å². The number of benzene rings is 1. The number of hydrogen-bond donors (Lipinski definition) is 1. The fourth-order valence-corrected chi connectivity index (χ4v) is 3.58. The van der Waals surface area contributed by atoms with E-state index in [0.717, 1.165) is 42.9 Å². The normalized spacial score (nSPS) is 20.7. The van der Waals surface area contributed by atoms with Crippen LogP contribution in [0, 0.1) is 0 Å². The first-order valence-corrected chi connectivity index (χ1v) is 9.45. The average Bonchev–Trinajstić information content (AvgIpc) is 3.29. The summed E-state index contributed by atoms with van der Waals surface area (Å²) in [7, 11) is 5.51. The van der Waals surface area contributed by atoms with Crippen molar-refractivity contribution in [1.29, 1.82) is 0 Å². The van der Waals surface area contributed by atoms with Gasteiger partial charge in [-0.3, -0.25) is 4.79 Å². The Morgan fingerprint density at radius 3 is 2.68 bits per heavy atom. The number of aryl methyl sites for hydroxylation is 1. The van der Waals surface area contributed by atoms with E-state index in [9.17, 15) is 4.79 Å². The van der Waals surface area contributed by atoms with Crippen molar-refractivity contribution in [2.75, 3.05) is 25.8 Å². The van der Waals surface area contributed by atoms with Crippen LogP contribution in [0.1, 0.15) is 36.3 Å². The van der Waals surface area contributed by atoms with Crippen molar-refractivity contribution in [3.63, 3.8) is 0 Å². The lowest BCUT2D eigenvalue weighted by atomic mass is 9.93. The van der Waals surface area contributed by atoms with Crippen LogP contribution in [0.4, 0.5) is 5.95 Å². The molecule has 0 atom stereocenters. The summed E-state index contributed by atoms with van der Waals surface area (Å²) in [5, 5.41) is 7.25. The Labute approximate surface area is 163 Å². The fraction of sp³-hybridized carbons (Fsp3) is 0.526. The maximum Gasteiger partial charge on any atom is 0.291 e. The molecule has 1 aromatic carbocycles. The van der Waals surface area contributed by atoms with Crippen LogP contribution in [-0.2, 0) is 7.05 Å². The van der Waals surface area contributed by atoms with E-state index >= 15 is 0 Å². The van der Waals surface area contributed by atoms with Crippen molar-refractivity contribution >= 4 is 11.9 Å². The Morgan fingerprint density at radius 1 is 1.21 bits per heavy atom. The molecule has 0 saturated heterocycles. The van der Waals surface area contributed by atoms with E-state index in [4.69, 9.17) is 14.2 Å². The number of ether oxygens (including phenoxy) is 3. The first-order chi connectivity index (χ1) is 13.5. The standard InChI is InChI=1S/C19H25N5O4/c1-23(2)19-21-17(22-24(19)3)18(25)20-12-4-6-13(7-5-12)28-14-8-9-15-16(10-14)27-11-26-15/h8-10,12-13H,4-7,11H2,1-3H3,(H,20,25). The monoisotopic (exact) mass is 387 g/mol. The van der Waals surface area contributed by atoms with Gasteiger partial charge in [0.15, 0.2) is 11.5 Å². The van der Waals surface area contributed by atoms with E-state index in [1.165, 1.54) is 0 Å². The Balaban J connectivity index is 1.28. The molecular formula is C19H25N5O4. The minimum Gasteiger partial charge on any atom is -0.490 e. The Morgan fingerprint density at radius 2 is 1.96 bits per heavy atom. The second-order valence-corrected chi connectivity index (χ2v) is 7.33. The Hall–Kier alpha value is -2.97. The molecule has 1 amide bonds. The van der Waals surface area contributed by atoms with Gasteiger partial charge in [0.05, 0.1) is 6.10 Å². The van der Waals surface area contributed by atoms with Crippen LogP contribution in [0.15, 0.2) is 18.2 Å². The van der Waals surface area contributed by atoms with Gasteiger partial charge in [-0.05, 0) is 37.8 Å². The largest absolute Gasteiger partial charge is 0.490 e. The summed E-state index contributed by atoms with van der Waals surface area (Å²) >= 11 is 0. The molecule has 0 bridgehead atoms. The van der Waals surface area contributed by atoms with E-state index in [1.54, 1.807) is 11.7 Å². The second kappa shape index (κ2) is 7.57. The highest BCUT2D eigenvalue weighted by Gasteiger charge is 2.26. The molecule has 1 fully saturated rings. The number of rotatable bonds is 5. The predicted molar refractivity (Wildman–Crippen MR) is 102 cm³/mol. The number of nitrogens with zero attached hydrogens (tertiary/aromatic N) is 4. The first-order valence-electron chi connectivity index (χ1n) is 9.45. The number of anilines is 1. The summed E-state index contributed by atoms with van der Waals surface area (Å²) in [5.74, 6) is 2.86. The molecule has 0 spiro atoms. The average molecular weight is 387 g/mol. The second-order valence-electron chi connectivity index (χ2n) is 7.33. The van der Waals surface area contributed by atoms with Gasteiger partial charge in [0.1, 0.15) is 5.75 Å². The van der Waals surface area contributed by atoms with Gasteiger partial charge in [-0.1, -0.05) is 0 Å². The molecule has 2 aromatic rings. The number of amides is 1. The van der Waals surface area contributed by atoms with E-state index in [1.807, 2.05) is 37.2 Å². The molecule has 1 aromatic heterocycles. The van der Waals surface area contributed by atoms with Gasteiger partial charge in [0.25, 0.3) is 5.91 Å². The van der Waals surface area contributed by atoms with Crippen LogP contribution < -0.4 is 24.4 Å². The molecule has 1 aliphatic heterocycles. The Bertz CT molecular complexity index is 858. The highest BCUT2D eigenvalue weighted by molar-refractivity contribution is 5.90. The molecule has 0 radical (unpaired) electrons. The van der Waals surface area contributed by atoms with Crippen molar-refractivity contribution in [3.05, 3.63) is 24.0 Å². The highest BCUT2D eigenvalue weighted by atomic mass is 16.7. The van der Waals surface area contributed by atoms with Crippen molar-refractivity contribution in [1.82, 2.24) is 20.1 Å². The van der Waals surface area contributed by atoms with E-state index in [-0.39, 0.29) is 30.7 Å². The summed E-state index contributed by atoms with van der Waals surface area (Å²) in [6.45, 7) is 0.255. The number of carbonyl (C=O) groups is 1. The summed E-state index contributed by atoms with van der Waals surface area (Å²) in [6.07, 6.45) is 3.58. The minimum absolute atomic E-state index is 0.107. The predicted octanol–water partition coefficient (Wildman–Crippen LogP) is 1.73. The lowest BCUT2D eigenvalue weighted by Gasteiger charge is -2.29. The molecule has 4 rings (SSSR count). The number of carbonyl (C=O) groups excluding carboxylic acids is 1. The fourth-order valence-electron chi connectivity index (χ4n) is 3.58. The zero-order chi connectivity index (χ0) is 19.7. The highest BCUT2D eigenvalue weighted by Crippen LogP contribution is 2.36. The van der Waals surface area contributed by atoms with Crippen LogP contribution in [0.3, 0.4) is 0 Å². The SMILES string of the molecule is CN(C)c1nc(C(=O)NC2CCC(Oc3ccc4c(c3)OCO4)CC2)nn1C. The van der Waals surface area contributed by atoms with Crippen LogP contribution in [0.25, 0.3) is 0 Å². The lowest BCUT2D eigenvalue weighted by molar-refractivity contribution is 0.0883. The first kappa shape index (κ1) is 18.4. The zero-order valence-corrected chi connectivity index (χ0v) is 16.3. The number of hydrogen-bond acceptors (Lipinski definition) is 7.